The summed E-state index contributed by atoms with van der Waals surface area (Å²) in [7, 11) is 3.01. The number of hydrogen-bond donors (Lipinski definition) is 5. The predicted octanol–water partition coefficient (Wildman–Crippen LogP) is 4.46. The van der Waals surface area contributed by atoms with Crippen LogP contribution in [0.2, 0.25) is 0 Å². The molecule has 1 aromatic rings. The number of benzene rings is 1. The number of ether oxygens (including phenoxy) is 4. The topological polar surface area (TPSA) is 265 Å². The monoisotopic (exact) mass is 887 g/mol. The molecule has 2 heterocycles. The first-order chi connectivity index (χ1) is 30.3. The summed E-state index contributed by atoms with van der Waals surface area (Å²) in [5.41, 5.74) is 5.98. The average molecular weight is 888 g/mol. The van der Waals surface area contributed by atoms with Crippen LogP contribution in [0, 0.1) is 17.8 Å². The van der Waals surface area contributed by atoms with Gasteiger partial charge in [-0.3, -0.25) is 44.2 Å². The molecular weight excluding hydrogens is 831 g/mol. The van der Waals surface area contributed by atoms with Gasteiger partial charge in [-0.05, 0) is 69.9 Å². The number of primary amides is 1. The van der Waals surface area contributed by atoms with Gasteiger partial charge in [0.25, 0.3) is 5.91 Å². The third kappa shape index (κ3) is 13.7. The number of nitrogens with one attached hydrogen (secondary N) is 4. The summed E-state index contributed by atoms with van der Waals surface area (Å²) in [6, 6.07) is 4.29. The highest BCUT2D eigenvalue weighted by Gasteiger charge is 2.33. The normalized spacial score (nSPS) is 25.9. The van der Waals surface area contributed by atoms with Crippen molar-refractivity contribution in [2.24, 2.45) is 23.5 Å². The van der Waals surface area contributed by atoms with Crippen LogP contribution >= 0.6 is 0 Å². The number of piperidine rings is 1. The molecule has 1 aliphatic carbocycles. The smallest absolute Gasteiger partial charge is 0.411 e. The molecule has 1 fully saturated rings. The Hall–Kier alpha value is -6.53. The number of rotatable bonds is 12. The molecule has 0 spiro atoms. The molecule has 1 saturated heterocycles. The van der Waals surface area contributed by atoms with Crippen molar-refractivity contribution in [3.8, 4) is 0 Å². The molecule has 64 heavy (non-hydrogen) atoms. The maximum absolute atomic E-state index is 14.1. The number of carbonyl (C=O) groups excluding carboxylic acids is 9. The van der Waals surface area contributed by atoms with Crippen LogP contribution in [0.1, 0.15) is 93.9 Å². The average Bonchev–Trinajstić information content (AvgIpc) is 3.22. The highest BCUT2D eigenvalue weighted by molar-refractivity contribution is 6.23. The van der Waals surface area contributed by atoms with Gasteiger partial charge in [0.1, 0.15) is 12.7 Å². The number of imide groups is 1. The van der Waals surface area contributed by atoms with Crippen molar-refractivity contribution in [2.75, 3.05) is 32.7 Å². The second-order valence-corrected chi connectivity index (χ2v) is 16.1. The van der Waals surface area contributed by atoms with E-state index in [-0.39, 0.29) is 96.1 Å². The number of Topliss-reactive ketones (excluding diaryl/α,β-unsaturated/α-hetero) is 3. The Labute approximate surface area is 371 Å². The number of allylic oxidation sites excluding steroid dienone is 5. The van der Waals surface area contributed by atoms with Crippen LogP contribution in [-0.2, 0) is 42.9 Å². The van der Waals surface area contributed by atoms with Crippen LogP contribution in [0.15, 0.2) is 76.7 Å². The summed E-state index contributed by atoms with van der Waals surface area (Å²) >= 11 is 0. The van der Waals surface area contributed by atoms with Gasteiger partial charge in [0.2, 0.25) is 23.4 Å². The van der Waals surface area contributed by atoms with Gasteiger partial charge in [-0.1, -0.05) is 50.3 Å². The molecule has 18 heteroatoms. The minimum Gasteiger partial charge on any atom is -0.447 e. The second-order valence-electron chi connectivity index (χ2n) is 16.1. The van der Waals surface area contributed by atoms with Crippen LogP contribution in [0.5, 0.6) is 0 Å². The van der Waals surface area contributed by atoms with Gasteiger partial charge in [-0.2, -0.15) is 0 Å². The predicted molar refractivity (Wildman–Crippen MR) is 232 cm³/mol. The summed E-state index contributed by atoms with van der Waals surface area (Å²) < 4.78 is 22.3. The largest absolute Gasteiger partial charge is 0.447 e. The van der Waals surface area contributed by atoms with E-state index in [4.69, 9.17) is 24.7 Å². The lowest BCUT2D eigenvalue weighted by Crippen LogP contribution is -2.41. The van der Waals surface area contributed by atoms with Crippen LogP contribution < -0.4 is 27.0 Å². The Bertz CT molecular complexity index is 2200. The van der Waals surface area contributed by atoms with Crippen LogP contribution in [0.25, 0.3) is 0 Å². The molecule has 2 bridgehead atoms. The van der Waals surface area contributed by atoms with Crippen molar-refractivity contribution in [3.05, 3.63) is 87.8 Å². The number of hydrogen-bond acceptors (Lipinski definition) is 14. The zero-order valence-corrected chi connectivity index (χ0v) is 37.1. The number of methoxy groups -OCH3 is 2. The number of amides is 5. The number of carbonyl (C=O) groups is 9. The molecule has 5 unspecified atom stereocenters. The summed E-state index contributed by atoms with van der Waals surface area (Å²) in [4.78, 5) is 116. The summed E-state index contributed by atoms with van der Waals surface area (Å²) in [5.74, 6) is -5.03. The molecule has 6 N–H and O–H groups in total. The molecule has 2 aliphatic heterocycles. The molecule has 6 atom stereocenters. The number of anilines is 1. The van der Waals surface area contributed by atoms with Gasteiger partial charge < -0.3 is 35.3 Å². The Balaban J connectivity index is 1.54. The minimum absolute atomic E-state index is 0.0194. The van der Waals surface area contributed by atoms with E-state index < -0.39 is 71.2 Å². The zero-order chi connectivity index (χ0) is 47.2. The van der Waals surface area contributed by atoms with Crippen molar-refractivity contribution < 1.29 is 62.1 Å². The Morgan fingerprint density at radius 2 is 1.70 bits per heavy atom. The first-order valence-electron chi connectivity index (χ1n) is 20.9. The van der Waals surface area contributed by atoms with E-state index in [1.54, 1.807) is 20.1 Å². The maximum Gasteiger partial charge on any atom is 0.411 e. The molecule has 344 valence electrons. The van der Waals surface area contributed by atoms with Crippen molar-refractivity contribution >= 4 is 58.7 Å². The number of fused-ring (bicyclic) bond motifs is 2. The Kier molecular flexibility index (Phi) is 18.2. The molecule has 0 saturated carbocycles. The number of nitrogens with two attached hydrogens (primary N) is 1. The summed E-state index contributed by atoms with van der Waals surface area (Å²) in [6.45, 7) is 7.98. The van der Waals surface area contributed by atoms with Crippen LogP contribution in [-0.4, -0.2) is 98.7 Å². The standard InChI is InChI=1S/C46H57N5O13/c1-24-18-27(4)42(64-45(47)59)37(62-7)13-8-10-26(3)43(57)49-34-23-36(54)40(32(41(34)56)21-25(2)20-30(19-24)61-6)48-16-17-63-46(60)50-33-12-9-11-31(28(5)52)39(33)35(53)22-29-14-15-38(55)51-44(29)58/h8-13,18,23-25,29-30,37,42,48H,14-17,19-22H2,1-7H3,(H2,47,59)(H,49,57)(H,50,60)(H,51,55,58)/b13-8-,26-10+,27-18+/t24?,25?,29-,30?,37?,42?/m0/s1. The van der Waals surface area contributed by atoms with Crippen molar-refractivity contribution in [1.82, 2.24) is 16.0 Å². The minimum atomic E-state index is -0.997. The number of ketones is 4. The van der Waals surface area contributed by atoms with E-state index >= 15 is 0 Å². The van der Waals surface area contributed by atoms with Crippen molar-refractivity contribution in [2.45, 2.75) is 91.5 Å². The molecule has 5 amide bonds. The fourth-order valence-corrected chi connectivity index (χ4v) is 7.80. The first kappa shape index (κ1) is 50.1. The third-order valence-electron chi connectivity index (χ3n) is 11.0. The second kappa shape index (κ2) is 23.2. The summed E-state index contributed by atoms with van der Waals surface area (Å²) in [6.07, 6.45) is 4.67. The molecule has 18 nitrogen and oxygen atoms in total. The van der Waals surface area contributed by atoms with E-state index in [0.717, 1.165) is 6.08 Å². The molecule has 0 radical (unpaired) electrons. The van der Waals surface area contributed by atoms with Crippen LogP contribution in [0.3, 0.4) is 0 Å². The fourth-order valence-electron chi connectivity index (χ4n) is 7.80. The van der Waals surface area contributed by atoms with Gasteiger partial charge in [-0.15, -0.1) is 0 Å². The lowest BCUT2D eigenvalue weighted by molar-refractivity contribution is -0.136. The highest BCUT2D eigenvalue weighted by Crippen LogP contribution is 2.30. The zero-order valence-electron chi connectivity index (χ0n) is 37.1. The molecule has 3 aliphatic rings. The lowest BCUT2D eigenvalue weighted by atomic mass is 9.86. The Morgan fingerprint density at radius 3 is 2.36 bits per heavy atom. The summed E-state index contributed by atoms with van der Waals surface area (Å²) in [5, 5.41) is 10.2. The van der Waals surface area contributed by atoms with Gasteiger partial charge in [0, 0.05) is 62.3 Å². The van der Waals surface area contributed by atoms with Gasteiger partial charge in [0.05, 0.1) is 28.7 Å². The molecule has 1 aromatic carbocycles. The first-order valence-corrected chi connectivity index (χ1v) is 20.9. The maximum atomic E-state index is 14.1. The third-order valence-corrected chi connectivity index (χ3v) is 11.0. The van der Waals surface area contributed by atoms with E-state index in [2.05, 4.69) is 21.3 Å². The fraction of sp³-hybridized carbons (Fsp3) is 0.457. The SMILES string of the molecule is COC1CC(C)/C=C(\C)C(OC(N)=O)C(OC)/C=C\C=C(/C)C(=O)NC2=CC(=O)C(NCCOC(=O)Nc3cccc(C(C)=O)c3C(=O)C[C@@H]3CCC(=O)NC3=O)=C(CC(C)C1)C2=O. The van der Waals surface area contributed by atoms with Gasteiger partial charge in [0.15, 0.2) is 17.7 Å². The highest BCUT2D eigenvalue weighted by atomic mass is 16.6. The van der Waals surface area contributed by atoms with E-state index in [9.17, 15) is 43.2 Å². The van der Waals surface area contributed by atoms with Crippen molar-refractivity contribution in [3.63, 3.8) is 0 Å². The Morgan fingerprint density at radius 1 is 0.969 bits per heavy atom. The van der Waals surface area contributed by atoms with E-state index in [0.29, 0.717) is 18.4 Å². The quantitative estimate of drug-likeness (QED) is 0.0638. The van der Waals surface area contributed by atoms with Gasteiger partial charge in [-0.25, -0.2) is 9.59 Å². The van der Waals surface area contributed by atoms with Crippen molar-refractivity contribution in [1.29, 1.82) is 0 Å². The molecule has 0 aromatic heterocycles. The molecular formula is C46H57N5O13. The van der Waals surface area contributed by atoms with Crippen LogP contribution in [0.4, 0.5) is 15.3 Å². The van der Waals surface area contributed by atoms with E-state index in [1.165, 1.54) is 51.3 Å². The van der Waals surface area contributed by atoms with Gasteiger partial charge >= 0.3 is 12.2 Å². The van der Waals surface area contributed by atoms with E-state index in [1.807, 2.05) is 19.9 Å². The lowest BCUT2D eigenvalue weighted by Gasteiger charge is -2.26. The molecule has 4 rings (SSSR count).